The molecule has 0 unspecified atom stereocenters. The molecular weight excluding hydrogens is 362 g/mol. The van der Waals surface area contributed by atoms with E-state index in [1.54, 1.807) is 14.2 Å². The lowest BCUT2D eigenvalue weighted by atomic mass is 9.87. The normalized spacial score (nSPS) is 19.1. The standard InChI is InChI=1S/C25H31NO3/c1-28-22-16-20-14-15-26(24(27)13-12-18-8-6-7-9-18)25(19-10-4-3-5-11-19)21(20)17-23(22)29-2/h3-5,10-11,16-18,25H,6-9,12-15H2,1-2H3/t25-/m0/s1. The molecule has 4 nitrogen and oxygen atoms in total. The maximum atomic E-state index is 13.3. The number of hydrogen-bond donors (Lipinski definition) is 0. The first-order chi connectivity index (χ1) is 14.2. The van der Waals surface area contributed by atoms with Crippen molar-refractivity contribution in [2.24, 2.45) is 5.92 Å². The van der Waals surface area contributed by atoms with Gasteiger partial charge in [0.2, 0.25) is 5.91 Å². The Morgan fingerprint density at radius 1 is 1.03 bits per heavy atom. The topological polar surface area (TPSA) is 38.8 Å². The molecule has 1 amide bonds. The Morgan fingerprint density at radius 2 is 1.72 bits per heavy atom. The van der Waals surface area contributed by atoms with Crippen molar-refractivity contribution in [1.82, 2.24) is 4.90 Å². The van der Waals surface area contributed by atoms with Gasteiger partial charge >= 0.3 is 0 Å². The first-order valence-electron chi connectivity index (χ1n) is 10.8. The predicted octanol–water partition coefficient (Wildman–Crippen LogP) is 5.15. The van der Waals surface area contributed by atoms with E-state index in [1.807, 2.05) is 18.2 Å². The molecule has 2 aromatic carbocycles. The fraction of sp³-hybridized carbons (Fsp3) is 0.480. The number of methoxy groups -OCH3 is 2. The number of carbonyl (C=O) groups excluding carboxylic acids is 1. The van der Waals surface area contributed by atoms with E-state index >= 15 is 0 Å². The smallest absolute Gasteiger partial charge is 0.223 e. The summed E-state index contributed by atoms with van der Waals surface area (Å²) in [4.78, 5) is 15.4. The zero-order valence-corrected chi connectivity index (χ0v) is 17.5. The molecule has 0 spiro atoms. The van der Waals surface area contributed by atoms with E-state index in [1.165, 1.54) is 31.2 Å². The van der Waals surface area contributed by atoms with Crippen LogP contribution in [0.1, 0.15) is 61.3 Å². The van der Waals surface area contributed by atoms with Crippen molar-refractivity contribution in [2.75, 3.05) is 20.8 Å². The molecule has 1 fully saturated rings. The van der Waals surface area contributed by atoms with Crippen molar-refractivity contribution in [2.45, 2.75) is 51.0 Å². The number of nitrogens with zero attached hydrogens (tertiary/aromatic N) is 1. The van der Waals surface area contributed by atoms with Crippen LogP contribution < -0.4 is 9.47 Å². The van der Waals surface area contributed by atoms with Crippen LogP contribution in [-0.2, 0) is 11.2 Å². The van der Waals surface area contributed by atoms with Crippen LogP contribution in [0.5, 0.6) is 11.5 Å². The van der Waals surface area contributed by atoms with E-state index in [4.69, 9.17) is 9.47 Å². The minimum absolute atomic E-state index is 0.0733. The lowest BCUT2D eigenvalue weighted by Crippen LogP contribution is -2.40. The minimum Gasteiger partial charge on any atom is -0.493 e. The van der Waals surface area contributed by atoms with Gasteiger partial charge in [-0.3, -0.25) is 4.79 Å². The van der Waals surface area contributed by atoms with Crippen LogP contribution in [0.4, 0.5) is 0 Å². The summed E-state index contributed by atoms with van der Waals surface area (Å²) in [6.45, 7) is 0.742. The van der Waals surface area contributed by atoms with Crippen LogP contribution in [0, 0.1) is 5.92 Å². The zero-order chi connectivity index (χ0) is 20.2. The van der Waals surface area contributed by atoms with Crippen molar-refractivity contribution < 1.29 is 14.3 Å². The summed E-state index contributed by atoms with van der Waals surface area (Å²) >= 11 is 0. The number of carbonyl (C=O) groups is 1. The largest absolute Gasteiger partial charge is 0.493 e. The first kappa shape index (κ1) is 19.8. The summed E-state index contributed by atoms with van der Waals surface area (Å²) in [6.07, 6.45) is 7.74. The number of rotatable bonds is 6. The van der Waals surface area contributed by atoms with Crippen molar-refractivity contribution in [3.05, 3.63) is 59.2 Å². The Hall–Kier alpha value is -2.49. The third-order valence-corrected chi connectivity index (χ3v) is 6.55. The molecule has 0 bridgehead atoms. The number of hydrogen-bond acceptors (Lipinski definition) is 3. The van der Waals surface area contributed by atoms with Crippen molar-refractivity contribution in [1.29, 1.82) is 0 Å². The van der Waals surface area contributed by atoms with Crippen molar-refractivity contribution in [3.8, 4) is 11.5 Å². The fourth-order valence-corrected chi connectivity index (χ4v) is 4.98. The summed E-state index contributed by atoms with van der Waals surface area (Å²) in [6, 6.07) is 14.4. The van der Waals surface area contributed by atoms with Crippen LogP contribution in [0.15, 0.2) is 42.5 Å². The maximum absolute atomic E-state index is 13.3. The van der Waals surface area contributed by atoms with E-state index in [9.17, 15) is 4.79 Å². The molecular formula is C25H31NO3. The Morgan fingerprint density at radius 3 is 2.41 bits per heavy atom. The second-order valence-electron chi connectivity index (χ2n) is 8.25. The quantitative estimate of drug-likeness (QED) is 0.681. The molecule has 4 heteroatoms. The highest BCUT2D eigenvalue weighted by molar-refractivity contribution is 5.78. The molecule has 1 heterocycles. The number of benzene rings is 2. The second-order valence-corrected chi connectivity index (χ2v) is 8.25. The van der Waals surface area contributed by atoms with Crippen LogP contribution >= 0.6 is 0 Å². The van der Waals surface area contributed by atoms with E-state index in [0.717, 1.165) is 42.2 Å². The molecule has 1 atom stereocenters. The Kier molecular flexibility index (Phi) is 6.08. The van der Waals surface area contributed by atoms with E-state index < -0.39 is 0 Å². The molecule has 0 aromatic heterocycles. The fourth-order valence-electron chi connectivity index (χ4n) is 4.98. The van der Waals surface area contributed by atoms with E-state index in [0.29, 0.717) is 12.2 Å². The summed E-state index contributed by atoms with van der Waals surface area (Å²) in [5.41, 5.74) is 3.53. The molecule has 2 aliphatic rings. The van der Waals surface area contributed by atoms with Gasteiger partial charge in [0, 0.05) is 13.0 Å². The lowest BCUT2D eigenvalue weighted by Gasteiger charge is -2.38. The molecule has 154 valence electrons. The van der Waals surface area contributed by atoms with Gasteiger partial charge in [0.25, 0.3) is 0 Å². The second kappa shape index (κ2) is 8.89. The number of fused-ring (bicyclic) bond motifs is 1. The van der Waals surface area contributed by atoms with E-state index in [2.05, 4.69) is 29.2 Å². The molecule has 29 heavy (non-hydrogen) atoms. The zero-order valence-electron chi connectivity index (χ0n) is 17.5. The average Bonchev–Trinajstić information content (AvgIpc) is 3.30. The highest BCUT2D eigenvalue weighted by Gasteiger charge is 2.33. The Balaban J connectivity index is 1.66. The molecule has 1 aliphatic heterocycles. The monoisotopic (exact) mass is 393 g/mol. The molecule has 0 radical (unpaired) electrons. The predicted molar refractivity (Wildman–Crippen MR) is 114 cm³/mol. The van der Waals surface area contributed by atoms with Gasteiger partial charge in [0.05, 0.1) is 20.3 Å². The van der Waals surface area contributed by atoms with Crippen LogP contribution in [0.25, 0.3) is 0 Å². The Labute approximate surface area is 173 Å². The van der Waals surface area contributed by atoms with Gasteiger partial charge in [-0.1, -0.05) is 56.0 Å². The summed E-state index contributed by atoms with van der Waals surface area (Å²) in [5.74, 6) is 2.47. The molecule has 0 saturated heterocycles. The molecule has 2 aromatic rings. The van der Waals surface area contributed by atoms with Gasteiger partial charge in [-0.2, -0.15) is 0 Å². The van der Waals surface area contributed by atoms with Gasteiger partial charge in [0.1, 0.15) is 0 Å². The number of ether oxygens (including phenoxy) is 2. The van der Waals surface area contributed by atoms with Gasteiger partial charge < -0.3 is 14.4 Å². The minimum atomic E-state index is -0.0733. The molecule has 1 aliphatic carbocycles. The third kappa shape index (κ3) is 4.12. The van der Waals surface area contributed by atoms with Crippen molar-refractivity contribution >= 4 is 5.91 Å². The third-order valence-electron chi connectivity index (χ3n) is 6.55. The number of amides is 1. The van der Waals surface area contributed by atoms with Gasteiger partial charge in [0.15, 0.2) is 11.5 Å². The van der Waals surface area contributed by atoms with Gasteiger partial charge in [-0.15, -0.1) is 0 Å². The highest BCUT2D eigenvalue weighted by atomic mass is 16.5. The first-order valence-corrected chi connectivity index (χ1v) is 10.8. The SMILES string of the molecule is COc1cc2c(cc1OC)[C@H](c1ccccc1)N(C(=O)CCC1CCCC1)CC2. The average molecular weight is 394 g/mol. The van der Waals surface area contributed by atoms with Crippen LogP contribution in [-0.4, -0.2) is 31.6 Å². The van der Waals surface area contributed by atoms with E-state index in [-0.39, 0.29) is 11.9 Å². The lowest BCUT2D eigenvalue weighted by molar-refractivity contribution is -0.133. The van der Waals surface area contributed by atoms with Crippen LogP contribution in [0.2, 0.25) is 0 Å². The Bertz CT molecular complexity index is 843. The van der Waals surface area contributed by atoms with Crippen molar-refractivity contribution in [3.63, 3.8) is 0 Å². The van der Waals surface area contributed by atoms with Gasteiger partial charge in [-0.25, -0.2) is 0 Å². The maximum Gasteiger partial charge on any atom is 0.223 e. The summed E-state index contributed by atoms with van der Waals surface area (Å²) in [7, 11) is 3.33. The summed E-state index contributed by atoms with van der Waals surface area (Å²) < 4.78 is 11.1. The van der Waals surface area contributed by atoms with Crippen LogP contribution in [0.3, 0.4) is 0 Å². The van der Waals surface area contributed by atoms with Gasteiger partial charge in [-0.05, 0) is 47.6 Å². The molecule has 4 rings (SSSR count). The molecule has 1 saturated carbocycles. The summed E-state index contributed by atoms with van der Waals surface area (Å²) in [5, 5.41) is 0. The molecule has 0 N–H and O–H groups in total. The highest BCUT2D eigenvalue weighted by Crippen LogP contribution is 2.41.